The van der Waals surface area contributed by atoms with Crippen molar-refractivity contribution in [2.75, 3.05) is 14.2 Å². The van der Waals surface area contributed by atoms with Crippen molar-refractivity contribution >= 4 is 5.97 Å². The van der Waals surface area contributed by atoms with E-state index in [4.69, 9.17) is 4.84 Å². The van der Waals surface area contributed by atoms with Gasteiger partial charge < -0.3 is 9.57 Å². The van der Waals surface area contributed by atoms with Crippen LogP contribution in [-0.4, -0.2) is 20.2 Å². The van der Waals surface area contributed by atoms with E-state index in [9.17, 15) is 4.79 Å². The van der Waals surface area contributed by atoms with Crippen LogP contribution in [0.5, 0.6) is 0 Å². The molecule has 4 heteroatoms. The zero-order valence-corrected chi connectivity index (χ0v) is 8.95. The summed E-state index contributed by atoms with van der Waals surface area (Å²) in [5.41, 5.74) is 4.73. The summed E-state index contributed by atoms with van der Waals surface area (Å²) in [7, 11) is 2.95. The van der Waals surface area contributed by atoms with Gasteiger partial charge in [-0.2, -0.15) is 5.48 Å². The molecule has 0 saturated carbocycles. The largest absolute Gasteiger partial charge is 0.469 e. The highest BCUT2D eigenvalue weighted by Crippen LogP contribution is 2.09. The summed E-state index contributed by atoms with van der Waals surface area (Å²) < 4.78 is 4.62. The second kappa shape index (κ2) is 6.16. The Kier molecular flexibility index (Phi) is 4.80. The van der Waals surface area contributed by atoms with Crippen LogP contribution in [-0.2, 0) is 27.3 Å². The van der Waals surface area contributed by atoms with Crippen molar-refractivity contribution in [3.8, 4) is 0 Å². The minimum Gasteiger partial charge on any atom is -0.469 e. The molecule has 0 aromatic heterocycles. The van der Waals surface area contributed by atoms with E-state index in [1.54, 1.807) is 7.11 Å². The van der Waals surface area contributed by atoms with Crippen molar-refractivity contribution in [2.45, 2.75) is 13.0 Å². The summed E-state index contributed by atoms with van der Waals surface area (Å²) in [5.74, 6) is -0.236. The first kappa shape index (κ1) is 11.7. The van der Waals surface area contributed by atoms with Gasteiger partial charge in [0.15, 0.2) is 0 Å². The molecule has 0 bridgehead atoms. The maximum absolute atomic E-state index is 11.1. The Labute approximate surface area is 89.1 Å². The van der Waals surface area contributed by atoms with Gasteiger partial charge in [0.2, 0.25) is 0 Å². The van der Waals surface area contributed by atoms with Crippen molar-refractivity contribution in [3.05, 3.63) is 35.4 Å². The van der Waals surface area contributed by atoms with Gasteiger partial charge in [-0.1, -0.05) is 24.3 Å². The molecule has 15 heavy (non-hydrogen) atoms. The minimum absolute atomic E-state index is 0.236. The average Bonchev–Trinajstić information content (AvgIpc) is 2.28. The smallest absolute Gasteiger partial charge is 0.309 e. The molecule has 0 atom stereocenters. The molecule has 0 radical (unpaired) electrons. The summed E-state index contributed by atoms with van der Waals surface area (Å²) in [6, 6.07) is 7.68. The second-order valence-electron chi connectivity index (χ2n) is 3.05. The minimum atomic E-state index is -0.236. The molecule has 0 aliphatic rings. The number of ether oxygens (including phenoxy) is 1. The van der Waals surface area contributed by atoms with Crippen LogP contribution in [0.4, 0.5) is 0 Å². The van der Waals surface area contributed by atoms with Gasteiger partial charge in [-0.05, 0) is 11.1 Å². The van der Waals surface area contributed by atoms with Gasteiger partial charge in [0.1, 0.15) is 0 Å². The Morgan fingerprint density at radius 2 is 1.93 bits per heavy atom. The molecule has 0 spiro atoms. The maximum Gasteiger partial charge on any atom is 0.309 e. The van der Waals surface area contributed by atoms with Crippen LogP contribution >= 0.6 is 0 Å². The predicted molar refractivity (Wildman–Crippen MR) is 56.0 cm³/mol. The zero-order valence-electron chi connectivity index (χ0n) is 8.95. The van der Waals surface area contributed by atoms with Crippen molar-refractivity contribution in [3.63, 3.8) is 0 Å². The fourth-order valence-electron chi connectivity index (χ4n) is 1.28. The lowest BCUT2D eigenvalue weighted by molar-refractivity contribution is -0.139. The van der Waals surface area contributed by atoms with E-state index < -0.39 is 0 Å². The number of methoxy groups -OCH3 is 1. The summed E-state index contributed by atoms with van der Waals surface area (Å²) in [4.78, 5) is 15.9. The van der Waals surface area contributed by atoms with Crippen LogP contribution in [0.1, 0.15) is 11.1 Å². The van der Waals surface area contributed by atoms with Gasteiger partial charge in [0.05, 0.1) is 20.6 Å². The van der Waals surface area contributed by atoms with Crippen molar-refractivity contribution in [1.29, 1.82) is 0 Å². The Balaban J connectivity index is 2.72. The fourth-order valence-corrected chi connectivity index (χ4v) is 1.28. The first-order chi connectivity index (χ1) is 7.27. The molecule has 1 rings (SSSR count). The zero-order chi connectivity index (χ0) is 11.1. The highest BCUT2D eigenvalue weighted by molar-refractivity contribution is 5.72. The van der Waals surface area contributed by atoms with Crippen LogP contribution in [0.3, 0.4) is 0 Å². The molecular weight excluding hydrogens is 194 g/mol. The molecular formula is C11H15NO3. The fraction of sp³-hybridized carbons (Fsp3) is 0.364. The monoisotopic (exact) mass is 209 g/mol. The van der Waals surface area contributed by atoms with E-state index in [-0.39, 0.29) is 12.4 Å². The lowest BCUT2D eigenvalue weighted by Gasteiger charge is -2.08. The van der Waals surface area contributed by atoms with E-state index in [0.29, 0.717) is 6.54 Å². The number of hydrogen-bond acceptors (Lipinski definition) is 4. The number of carbonyl (C=O) groups is 1. The number of benzene rings is 1. The molecule has 0 heterocycles. The van der Waals surface area contributed by atoms with E-state index in [2.05, 4.69) is 10.2 Å². The average molecular weight is 209 g/mol. The van der Waals surface area contributed by atoms with Gasteiger partial charge in [-0.3, -0.25) is 4.79 Å². The number of nitrogens with one attached hydrogen (secondary N) is 1. The first-order valence-electron chi connectivity index (χ1n) is 4.67. The van der Waals surface area contributed by atoms with Gasteiger partial charge >= 0.3 is 5.97 Å². The second-order valence-corrected chi connectivity index (χ2v) is 3.05. The van der Waals surface area contributed by atoms with Gasteiger partial charge in [0, 0.05) is 6.54 Å². The standard InChI is InChI=1S/C11H15NO3/c1-14-11(13)7-9-5-3-4-6-10(9)8-12-15-2/h3-6,12H,7-8H2,1-2H3. The predicted octanol–water partition coefficient (Wildman–Crippen LogP) is 1.05. The van der Waals surface area contributed by atoms with Crippen LogP contribution in [0.2, 0.25) is 0 Å². The SMILES string of the molecule is CONCc1ccccc1CC(=O)OC. The van der Waals surface area contributed by atoms with Crippen LogP contribution in [0.15, 0.2) is 24.3 Å². The molecule has 1 aromatic rings. The third kappa shape index (κ3) is 3.69. The summed E-state index contributed by atoms with van der Waals surface area (Å²) in [5, 5.41) is 0. The molecule has 4 nitrogen and oxygen atoms in total. The Morgan fingerprint density at radius 1 is 1.27 bits per heavy atom. The first-order valence-corrected chi connectivity index (χ1v) is 4.67. The normalized spacial score (nSPS) is 10.0. The molecule has 1 aromatic carbocycles. The van der Waals surface area contributed by atoms with Crippen LogP contribution in [0.25, 0.3) is 0 Å². The molecule has 0 unspecified atom stereocenters. The lowest BCUT2D eigenvalue weighted by Crippen LogP contribution is -2.14. The van der Waals surface area contributed by atoms with Crippen LogP contribution < -0.4 is 5.48 Å². The third-order valence-electron chi connectivity index (χ3n) is 2.09. The Bertz CT molecular complexity index is 325. The topological polar surface area (TPSA) is 47.6 Å². The quantitative estimate of drug-likeness (QED) is 0.581. The Hall–Kier alpha value is -1.39. The van der Waals surface area contributed by atoms with E-state index in [0.717, 1.165) is 11.1 Å². The molecule has 0 fully saturated rings. The number of esters is 1. The van der Waals surface area contributed by atoms with Gasteiger partial charge in [-0.15, -0.1) is 0 Å². The highest BCUT2D eigenvalue weighted by Gasteiger charge is 2.06. The molecule has 82 valence electrons. The summed E-state index contributed by atoms with van der Waals surface area (Å²) >= 11 is 0. The molecule has 1 N–H and O–H groups in total. The third-order valence-corrected chi connectivity index (χ3v) is 2.09. The highest BCUT2D eigenvalue weighted by atomic mass is 16.6. The number of carbonyl (C=O) groups excluding carboxylic acids is 1. The van der Waals surface area contributed by atoms with Crippen LogP contribution in [0, 0.1) is 0 Å². The number of rotatable bonds is 5. The number of hydroxylamine groups is 1. The number of hydrogen-bond donors (Lipinski definition) is 1. The summed E-state index contributed by atoms with van der Waals surface area (Å²) in [6.07, 6.45) is 0.290. The van der Waals surface area contributed by atoms with E-state index in [1.165, 1.54) is 7.11 Å². The van der Waals surface area contributed by atoms with Crippen molar-refractivity contribution in [2.24, 2.45) is 0 Å². The summed E-state index contributed by atoms with van der Waals surface area (Å²) in [6.45, 7) is 0.573. The molecule has 0 saturated heterocycles. The lowest BCUT2D eigenvalue weighted by atomic mass is 10.1. The van der Waals surface area contributed by atoms with E-state index in [1.807, 2.05) is 24.3 Å². The van der Waals surface area contributed by atoms with Crippen molar-refractivity contribution < 1.29 is 14.4 Å². The van der Waals surface area contributed by atoms with Crippen molar-refractivity contribution in [1.82, 2.24) is 5.48 Å². The molecule has 0 amide bonds. The van der Waals surface area contributed by atoms with E-state index >= 15 is 0 Å². The van der Waals surface area contributed by atoms with Gasteiger partial charge in [0.25, 0.3) is 0 Å². The van der Waals surface area contributed by atoms with Gasteiger partial charge in [-0.25, -0.2) is 0 Å². The Morgan fingerprint density at radius 3 is 2.53 bits per heavy atom. The molecule has 0 aliphatic heterocycles. The maximum atomic E-state index is 11.1. The molecule has 0 aliphatic carbocycles.